The first-order valence-corrected chi connectivity index (χ1v) is 10.4. The SMILES string of the molecule is CCC(C)[C](C)C(CC(C)C)(CC(C)(C)C)C(C(C)C)C(C)(C)C. The predicted octanol–water partition coefficient (Wildman–Crippen LogP) is 8.41. The second kappa shape index (κ2) is 8.59. The first-order valence-electron chi connectivity index (χ1n) is 10.4. The maximum absolute atomic E-state index is 2.49. The minimum Gasteiger partial charge on any atom is -0.0651 e. The molecule has 0 aliphatic rings. The first-order chi connectivity index (χ1) is 10.6. The van der Waals surface area contributed by atoms with Gasteiger partial charge in [0.05, 0.1) is 0 Å². The highest BCUT2D eigenvalue weighted by atomic mass is 14.6. The van der Waals surface area contributed by atoms with Gasteiger partial charge in [-0.15, -0.1) is 0 Å². The monoisotopic (exact) mass is 337 g/mol. The highest BCUT2D eigenvalue weighted by Crippen LogP contribution is 2.59. The number of hydrogen-bond acceptors (Lipinski definition) is 0. The van der Waals surface area contributed by atoms with Crippen molar-refractivity contribution in [3.63, 3.8) is 0 Å². The highest BCUT2D eigenvalue weighted by Gasteiger charge is 2.51. The lowest BCUT2D eigenvalue weighted by atomic mass is 9.48. The summed E-state index contributed by atoms with van der Waals surface area (Å²) >= 11 is 0. The van der Waals surface area contributed by atoms with Crippen molar-refractivity contribution in [2.75, 3.05) is 0 Å². The van der Waals surface area contributed by atoms with E-state index in [0.29, 0.717) is 34.0 Å². The second-order valence-electron chi connectivity index (χ2n) is 11.6. The molecular formula is C24H49. The molecule has 3 atom stereocenters. The van der Waals surface area contributed by atoms with Gasteiger partial charge < -0.3 is 0 Å². The molecule has 0 rings (SSSR count). The van der Waals surface area contributed by atoms with Gasteiger partial charge in [-0.05, 0) is 58.7 Å². The third-order valence-corrected chi connectivity index (χ3v) is 5.95. The Morgan fingerprint density at radius 3 is 1.54 bits per heavy atom. The van der Waals surface area contributed by atoms with E-state index >= 15 is 0 Å². The average molecular weight is 338 g/mol. The van der Waals surface area contributed by atoms with E-state index in [2.05, 4.69) is 90.0 Å². The van der Waals surface area contributed by atoms with Gasteiger partial charge in [0.1, 0.15) is 0 Å². The molecule has 1 radical (unpaired) electrons. The third kappa shape index (κ3) is 6.38. The summed E-state index contributed by atoms with van der Waals surface area (Å²) in [6.07, 6.45) is 3.87. The summed E-state index contributed by atoms with van der Waals surface area (Å²) in [5.74, 6) is 4.61. The summed E-state index contributed by atoms with van der Waals surface area (Å²) in [6.45, 7) is 31.8. The summed E-state index contributed by atoms with van der Waals surface area (Å²) in [4.78, 5) is 0. The fraction of sp³-hybridized carbons (Fsp3) is 0.958. The molecule has 0 fully saturated rings. The molecule has 145 valence electrons. The van der Waals surface area contributed by atoms with Crippen LogP contribution >= 0.6 is 0 Å². The average Bonchev–Trinajstić information content (AvgIpc) is 2.31. The van der Waals surface area contributed by atoms with E-state index in [0.717, 1.165) is 5.92 Å². The smallest absolute Gasteiger partial charge is 0.0179 e. The zero-order valence-electron chi connectivity index (χ0n) is 19.4. The van der Waals surface area contributed by atoms with Crippen molar-refractivity contribution in [1.29, 1.82) is 0 Å². The Hall–Kier alpha value is 0. The molecule has 3 unspecified atom stereocenters. The first kappa shape index (κ1) is 24.0. The Labute approximate surface area is 155 Å². The lowest BCUT2D eigenvalue weighted by Gasteiger charge is -2.57. The fourth-order valence-corrected chi connectivity index (χ4v) is 5.79. The topological polar surface area (TPSA) is 0 Å². The van der Waals surface area contributed by atoms with Gasteiger partial charge in [0.15, 0.2) is 0 Å². The second-order valence-corrected chi connectivity index (χ2v) is 11.6. The molecule has 0 aliphatic carbocycles. The minimum absolute atomic E-state index is 0.322. The van der Waals surface area contributed by atoms with Crippen LogP contribution in [0.2, 0.25) is 0 Å². The van der Waals surface area contributed by atoms with Crippen LogP contribution in [0.25, 0.3) is 0 Å². The molecule has 0 spiro atoms. The molecule has 0 nitrogen and oxygen atoms in total. The zero-order chi connectivity index (χ0) is 19.5. The summed E-state index contributed by atoms with van der Waals surface area (Å²) in [6, 6.07) is 0. The van der Waals surface area contributed by atoms with E-state index in [1.54, 1.807) is 5.92 Å². The standard InChI is InChI=1S/C24H49/c1-14-19(6)20(7)24(15-17(2)3,16-22(8,9)10)21(18(4)5)23(11,12)13/h17-19,21H,14-16H2,1-13H3. The van der Waals surface area contributed by atoms with Gasteiger partial charge in [0.2, 0.25) is 0 Å². The maximum atomic E-state index is 2.49. The zero-order valence-corrected chi connectivity index (χ0v) is 19.4. The van der Waals surface area contributed by atoms with E-state index in [1.807, 2.05) is 0 Å². The van der Waals surface area contributed by atoms with Crippen LogP contribution in [-0.2, 0) is 0 Å². The number of hydrogen-bond donors (Lipinski definition) is 0. The van der Waals surface area contributed by atoms with Gasteiger partial charge in [-0.1, -0.05) is 96.4 Å². The number of rotatable bonds is 8. The molecule has 0 aromatic rings. The maximum Gasteiger partial charge on any atom is -0.0179 e. The van der Waals surface area contributed by atoms with Gasteiger partial charge in [-0.3, -0.25) is 0 Å². The van der Waals surface area contributed by atoms with Gasteiger partial charge >= 0.3 is 0 Å². The lowest BCUT2D eigenvalue weighted by molar-refractivity contribution is -0.0262. The molecule has 0 bridgehead atoms. The van der Waals surface area contributed by atoms with E-state index in [-0.39, 0.29) is 0 Å². The van der Waals surface area contributed by atoms with Crippen LogP contribution < -0.4 is 0 Å². The summed E-state index contributed by atoms with van der Waals surface area (Å²) in [7, 11) is 0. The van der Waals surface area contributed by atoms with Crippen molar-refractivity contribution < 1.29 is 0 Å². The Balaban J connectivity index is 6.43. The van der Waals surface area contributed by atoms with E-state index in [9.17, 15) is 0 Å². The largest absolute Gasteiger partial charge is 0.0651 e. The Morgan fingerprint density at radius 1 is 0.833 bits per heavy atom. The van der Waals surface area contributed by atoms with Crippen LogP contribution in [0.3, 0.4) is 0 Å². The summed E-state index contributed by atoms with van der Waals surface area (Å²) in [5.41, 5.74) is 0.999. The molecule has 0 amide bonds. The highest BCUT2D eigenvalue weighted by molar-refractivity contribution is 5.13. The van der Waals surface area contributed by atoms with Crippen LogP contribution in [0.5, 0.6) is 0 Å². The fourth-order valence-electron chi connectivity index (χ4n) is 5.79. The van der Waals surface area contributed by atoms with Crippen LogP contribution in [-0.4, -0.2) is 0 Å². The molecule has 0 saturated heterocycles. The Bertz CT molecular complexity index is 349. The minimum atomic E-state index is 0.322. The van der Waals surface area contributed by atoms with Gasteiger partial charge in [-0.2, -0.15) is 0 Å². The van der Waals surface area contributed by atoms with E-state index in [4.69, 9.17) is 0 Å². The van der Waals surface area contributed by atoms with Crippen molar-refractivity contribution in [3.8, 4) is 0 Å². The third-order valence-electron chi connectivity index (χ3n) is 5.95. The van der Waals surface area contributed by atoms with E-state index < -0.39 is 0 Å². The molecule has 0 saturated carbocycles. The van der Waals surface area contributed by atoms with Crippen molar-refractivity contribution in [1.82, 2.24) is 0 Å². The normalized spacial score (nSPS) is 19.0. The summed E-state index contributed by atoms with van der Waals surface area (Å²) < 4.78 is 0. The molecule has 0 heterocycles. The molecule has 0 N–H and O–H groups in total. The Morgan fingerprint density at radius 2 is 1.29 bits per heavy atom. The van der Waals surface area contributed by atoms with Crippen molar-refractivity contribution in [2.24, 2.45) is 39.9 Å². The molecule has 0 aliphatic heterocycles. The van der Waals surface area contributed by atoms with Gasteiger partial charge in [-0.25, -0.2) is 0 Å². The van der Waals surface area contributed by atoms with Crippen LogP contribution in [0.15, 0.2) is 0 Å². The molecule has 0 heteroatoms. The molecule has 24 heavy (non-hydrogen) atoms. The van der Waals surface area contributed by atoms with Crippen molar-refractivity contribution in [2.45, 2.75) is 109 Å². The van der Waals surface area contributed by atoms with Crippen molar-refractivity contribution >= 4 is 0 Å². The Kier molecular flexibility index (Phi) is 8.59. The van der Waals surface area contributed by atoms with Crippen molar-refractivity contribution in [3.05, 3.63) is 5.92 Å². The van der Waals surface area contributed by atoms with Crippen LogP contribution in [0.4, 0.5) is 0 Å². The van der Waals surface area contributed by atoms with Gasteiger partial charge in [0.25, 0.3) is 0 Å². The lowest BCUT2D eigenvalue weighted by Crippen LogP contribution is -2.49. The quantitative estimate of drug-likeness (QED) is 0.417. The van der Waals surface area contributed by atoms with Crippen LogP contribution in [0, 0.1) is 45.8 Å². The van der Waals surface area contributed by atoms with E-state index in [1.165, 1.54) is 19.3 Å². The molecule has 0 aromatic carbocycles. The van der Waals surface area contributed by atoms with Gasteiger partial charge in [0, 0.05) is 0 Å². The predicted molar refractivity (Wildman–Crippen MR) is 112 cm³/mol. The molecular weight excluding hydrogens is 288 g/mol. The van der Waals surface area contributed by atoms with Crippen LogP contribution in [0.1, 0.15) is 109 Å². The molecule has 0 aromatic heterocycles. The summed E-state index contributed by atoms with van der Waals surface area (Å²) in [5, 5.41) is 0.